The van der Waals surface area contributed by atoms with Crippen molar-refractivity contribution in [2.24, 2.45) is 0 Å². The minimum Gasteiger partial charge on any atom is -0.476 e. The number of carbonyl (C=O) groups is 1. The van der Waals surface area contributed by atoms with Crippen LogP contribution in [0.5, 0.6) is 5.75 Å². The fourth-order valence-corrected chi connectivity index (χ4v) is 1.28. The van der Waals surface area contributed by atoms with Crippen LogP contribution in [0, 0.1) is 5.82 Å². The van der Waals surface area contributed by atoms with E-state index in [0.717, 1.165) is 0 Å². The zero-order valence-electron chi connectivity index (χ0n) is 7.93. The number of fused-ring (bicyclic) bond motifs is 1. The summed E-state index contributed by atoms with van der Waals surface area (Å²) < 4.78 is 18.2. The molecule has 4 heteroatoms. The van der Waals surface area contributed by atoms with Gasteiger partial charge < -0.3 is 10.1 Å². The van der Waals surface area contributed by atoms with Gasteiger partial charge in [0, 0.05) is 6.07 Å². The Labute approximate surface area is 80.9 Å². The first-order valence-electron chi connectivity index (χ1n) is 4.29. The summed E-state index contributed by atoms with van der Waals surface area (Å²) in [7, 11) is 0. The van der Waals surface area contributed by atoms with E-state index in [1.807, 2.05) is 0 Å². The maximum absolute atomic E-state index is 12.9. The van der Waals surface area contributed by atoms with Gasteiger partial charge in [-0.25, -0.2) is 4.39 Å². The van der Waals surface area contributed by atoms with Gasteiger partial charge in [-0.15, -0.1) is 0 Å². The molecular formula is C10H10FNO2. The summed E-state index contributed by atoms with van der Waals surface area (Å²) >= 11 is 0. The first-order chi connectivity index (χ1) is 6.49. The lowest BCUT2D eigenvalue weighted by atomic mass is 10.1. The maximum atomic E-state index is 12.9. The molecule has 1 aromatic rings. The molecule has 0 atom stereocenters. The fourth-order valence-electron chi connectivity index (χ4n) is 1.28. The molecular weight excluding hydrogens is 185 g/mol. The molecule has 0 fully saturated rings. The number of nitrogens with one attached hydrogen (secondary N) is 1. The topological polar surface area (TPSA) is 38.3 Å². The van der Waals surface area contributed by atoms with Crippen molar-refractivity contribution >= 4 is 11.6 Å². The number of hydrogen-bond donors (Lipinski definition) is 1. The van der Waals surface area contributed by atoms with Gasteiger partial charge >= 0.3 is 0 Å². The summed E-state index contributed by atoms with van der Waals surface area (Å²) in [6.07, 6.45) is 0. The van der Waals surface area contributed by atoms with Crippen LogP contribution in [0.15, 0.2) is 18.2 Å². The molecule has 0 saturated carbocycles. The average Bonchev–Trinajstić information content (AvgIpc) is 2.07. The summed E-state index contributed by atoms with van der Waals surface area (Å²) in [5.41, 5.74) is -0.434. The van der Waals surface area contributed by atoms with Crippen LogP contribution < -0.4 is 10.1 Å². The maximum Gasteiger partial charge on any atom is 0.268 e. The second-order valence-corrected chi connectivity index (χ2v) is 3.71. The van der Waals surface area contributed by atoms with Gasteiger partial charge in [0.1, 0.15) is 11.6 Å². The first-order valence-corrected chi connectivity index (χ1v) is 4.29. The molecule has 0 saturated heterocycles. The standard InChI is InChI=1S/C10H10FNO2/c1-10(2)9(13)12-7-4-3-6(11)5-8(7)14-10/h3-5H,1-2H3,(H,12,13). The molecule has 1 aliphatic heterocycles. The second-order valence-electron chi connectivity index (χ2n) is 3.71. The van der Waals surface area contributed by atoms with Crippen molar-refractivity contribution < 1.29 is 13.9 Å². The van der Waals surface area contributed by atoms with E-state index in [9.17, 15) is 9.18 Å². The Morgan fingerprint density at radius 3 is 2.86 bits per heavy atom. The van der Waals surface area contributed by atoms with E-state index in [1.165, 1.54) is 18.2 Å². The van der Waals surface area contributed by atoms with Crippen molar-refractivity contribution in [3.63, 3.8) is 0 Å². The Morgan fingerprint density at radius 2 is 2.14 bits per heavy atom. The van der Waals surface area contributed by atoms with Crippen LogP contribution in [-0.4, -0.2) is 11.5 Å². The number of benzene rings is 1. The van der Waals surface area contributed by atoms with Gasteiger partial charge in [-0.3, -0.25) is 4.79 Å². The number of rotatable bonds is 0. The van der Waals surface area contributed by atoms with Crippen LogP contribution in [0.25, 0.3) is 0 Å². The number of amides is 1. The minimum atomic E-state index is -0.944. The lowest BCUT2D eigenvalue weighted by Gasteiger charge is -2.31. The van der Waals surface area contributed by atoms with Crippen molar-refractivity contribution in [1.29, 1.82) is 0 Å². The SMILES string of the molecule is CC1(C)Oc2cc(F)ccc2NC1=O. The van der Waals surface area contributed by atoms with E-state index in [-0.39, 0.29) is 11.7 Å². The second kappa shape index (κ2) is 2.70. The van der Waals surface area contributed by atoms with Crippen molar-refractivity contribution in [2.45, 2.75) is 19.4 Å². The molecule has 0 spiro atoms. The lowest BCUT2D eigenvalue weighted by Crippen LogP contribution is -2.45. The summed E-state index contributed by atoms with van der Waals surface area (Å²) in [4.78, 5) is 11.4. The molecule has 0 radical (unpaired) electrons. The Hall–Kier alpha value is -1.58. The van der Waals surface area contributed by atoms with E-state index >= 15 is 0 Å². The molecule has 0 bridgehead atoms. The highest BCUT2D eigenvalue weighted by Crippen LogP contribution is 2.33. The number of ether oxygens (including phenoxy) is 1. The van der Waals surface area contributed by atoms with Gasteiger partial charge in [-0.1, -0.05) is 0 Å². The van der Waals surface area contributed by atoms with Gasteiger partial charge in [0.25, 0.3) is 5.91 Å². The number of anilines is 1. The van der Waals surface area contributed by atoms with Crippen molar-refractivity contribution in [1.82, 2.24) is 0 Å². The normalized spacial score (nSPS) is 18.1. The quantitative estimate of drug-likeness (QED) is 0.687. The molecule has 1 heterocycles. The van der Waals surface area contributed by atoms with Crippen molar-refractivity contribution in [3.05, 3.63) is 24.0 Å². The smallest absolute Gasteiger partial charge is 0.268 e. The Morgan fingerprint density at radius 1 is 1.43 bits per heavy atom. The molecule has 1 amide bonds. The number of hydrogen-bond acceptors (Lipinski definition) is 2. The highest BCUT2D eigenvalue weighted by molar-refractivity contribution is 6.00. The van der Waals surface area contributed by atoms with Gasteiger partial charge in [0.15, 0.2) is 5.60 Å². The monoisotopic (exact) mass is 195 g/mol. The molecule has 1 aromatic carbocycles. The third-order valence-corrected chi connectivity index (χ3v) is 2.10. The van der Waals surface area contributed by atoms with Crippen molar-refractivity contribution in [3.8, 4) is 5.75 Å². The van der Waals surface area contributed by atoms with Crippen LogP contribution >= 0.6 is 0 Å². The summed E-state index contributed by atoms with van der Waals surface area (Å²) in [6.45, 7) is 3.27. The third kappa shape index (κ3) is 1.32. The van der Waals surface area contributed by atoms with Crippen molar-refractivity contribution in [2.75, 3.05) is 5.32 Å². The highest BCUT2D eigenvalue weighted by atomic mass is 19.1. The Kier molecular flexibility index (Phi) is 1.74. The third-order valence-electron chi connectivity index (χ3n) is 2.10. The fraction of sp³-hybridized carbons (Fsp3) is 0.300. The number of carbonyl (C=O) groups excluding carboxylic acids is 1. The molecule has 3 nitrogen and oxygen atoms in total. The zero-order chi connectivity index (χ0) is 10.3. The van der Waals surface area contributed by atoms with Gasteiger partial charge in [0.2, 0.25) is 0 Å². The van der Waals surface area contributed by atoms with Crippen LogP contribution in [0.1, 0.15) is 13.8 Å². The van der Waals surface area contributed by atoms with E-state index in [0.29, 0.717) is 11.4 Å². The minimum absolute atomic E-state index is 0.225. The predicted molar refractivity (Wildman–Crippen MR) is 49.7 cm³/mol. The van der Waals surface area contributed by atoms with Crippen LogP contribution in [0.2, 0.25) is 0 Å². The van der Waals surface area contributed by atoms with Gasteiger partial charge in [-0.05, 0) is 26.0 Å². The Bertz CT molecular complexity index is 401. The molecule has 1 aliphatic rings. The lowest BCUT2D eigenvalue weighted by molar-refractivity contribution is -0.129. The van der Waals surface area contributed by atoms with Crippen LogP contribution in [-0.2, 0) is 4.79 Å². The molecule has 1 N–H and O–H groups in total. The average molecular weight is 195 g/mol. The van der Waals surface area contributed by atoms with Crippen LogP contribution in [0.4, 0.5) is 10.1 Å². The van der Waals surface area contributed by atoms with E-state index in [4.69, 9.17) is 4.74 Å². The Balaban J connectivity index is 2.46. The predicted octanol–water partition coefficient (Wildman–Crippen LogP) is 1.94. The number of halogens is 1. The van der Waals surface area contributed by atoms with E-state index < -0.39 is 5.60 Å². The molecule has 74 valence electrons. The van der Waals surface area contributed by atoms with Gasteiger partial charge in [0.05, 0.1) is 5.69 Å². The summed E-state index contributed by atoms with van der Waals surface area (Å²) in [5.74, 6) is -0.234. The van der Waals surface area contributed by atoms with E-state index in [1.54, 1.807) is 13.8 Å². The van der Waals surface area contributed by atoms with Crippen LogP contribution in [0.3, 0.4) is 0 Å². The highest BCUT2D eigenvalue weighted by Gasteiger charge is 2.35. The van der Waals surface area contributed by atoms with Gasteiger partial charge in [-0.2, -0.15) is 0 Å². The zero-order valence-corrected chi connectivity index (χ0v) is 7.93. The molecule has 0 aromatic heterocycles. The largest absolute Gasteiger partial charge is 0.476 e. The molecule has 14 heavy (non-hydrogen) atoms. The first kappa shape index (κ1) is 8.99. The molecule has 0 unspecified atom stereocenters. The summed E-state index contributed by atoms with van der Waals surface area (Å²) in [6, 6.07) is 4.02. The molecule has 2 rings (SSSR count). The molecule has 0 aliphatic carbocycles. The summed E-state index contributed by atoms with van der Waals surface area (Å²) in [5, 5.41) is 2.65. The van der Waals surface area contributed by atoms with E-state index in [2.05, 4.69) is 5.32 Å².